The third-order valence-electron chi connectivity index (χ3n) is 27.4. The van der Waals surface area contributed by atoms with E-state index < -0.39 is 0 Å². The normalized spacial score (nSPS) is 19.6. The van der Waals surface area contributed by atoms with Gasteiger partial charge in [-0.1, -0.05) is 388 Å². The lowest BCUT2D eigenvalue weighted by Gasteiger charge is -2.41. The highest BCUT2D eigenvalue weighted by Crippen LogP contribution is 2.63. The molecule has 0 aliphatic heterocycles. The first-order chi connectivity index (χ1) is 57.7. The summed E-state index contributed by atoms with van der Waals surface area (Å²) >= 11 is 0. The lowest BCUT2D eigenvalue weighted by Crippen LogP contribution is -2.25. The van der Waals surface area contributed by atoms with Gasteiger partial charge in [0.25, 0.3) is 0 Å². The molecule has 0 radical (unpaired) electrons. The zero-order valence-corrected chi connectivity index (χ0v) is 63.6. The highest BCUT2D eigenvalue weighted by molar-refractivity contribution is 6.02. The van der Waals surface area contributed by atoms with Crippen molar-refractivity contribution in [2.45, 2.75) is 47.3 Å². The first kappa shape index (κ1) is 65.2. The first-order valence-corrected chi connectivity index (χ1v) is 41.2. The molecule has 0 heterocycles. The van der Waals surface area contributed by atoms with E-state index in [1.165, 1.54) is 178 Å². The third-order valence-corrected chi connectivity index (χ3v) is 27.4. The summed E-state index contributed by atoms with van der Waals surface area (Å²) in [6.07, 6.45) is 0. The first-order valence-electron chi connectivity index (χ1n) is 41.2. The molecule has 0 aromatic heterocycles. The van der Waals surface area contributed by atoms with Crippen molar-refractivity contribution in [3.63, 3.8) is 0 Å². The number of hydrogen-bond acceptors (Lipinski definition) is 0. The fourth-order valence-electron chi connectivity index (χ4n) is 22.9. The smallest absolute Gasteiger partial charge is 0.0322 e. The average Bonchev–Trinajstić information content (AvgIpc) is 0.715. The Morgan fingerprint density at radius 1 is 0.0948 bits per heavy atom. The second kappa shape index (κ2) is 25.6. The largest absolute Gasteiger partial charge is 0.102 e. The third kappa shape index (κ3) is 9.36. The Morgan fingerprint density at radius 2 is 0.164 bits per heavy atom. The molecule has 0 atom stereocenters. The van der Waals surface area contributed by atoms with Gasteiger partial charge in [0.1, 0.15) is 0 Å². The summed E-state index contributed by atoms with van der Waals surface area (Å²) in [5, 5.41) is 0. The van der Waals surface area contributed by atoms with E-state index >= 15 is 0 Å². The summed E-state index contributed by atoms with van der Waals surface area (Å²) in [5.74, 6) is -0.382. The summed E-state index contributed by atoms with van der Waals surface area (Å²) < 4.78 is 0. The Balaban J connectivity index is 0.776. The molecule has 0 amide bonds. The molecule has 16 aromatic carbocycles. The second-order valence-electron chi connectivity index (χ2n) is 32.7. The van der Waals surface area contributed by atoms with Crippen molar-refractivity contribution >= 4 is 44.6 Å². The van der Waals surface area contributed by atoms with Gasteiger partial charge in [-0.3, -0.25) is 0 Å². The Morgan fingerprint density at radius 3 is 0.241 bits per heavy atom. The van der Waals surface area contributed by atoms with Crippen LogP contribution in [0.2, 0.25) is 0 Å². The van der Waals surface area contributed by atoms with Crippen molar-refractivity contribution in [1.82, 2.24) is 0 Å². The van der Waals surface area contributed by atoms with E-state index in [-0.39, 0.29) is 47.3 Å². The molecule has 9 aliphatic carbocycles. The fourth-order valence-corrected chi connectivity index (χ4v) is 22.9. The minimum absolute atomic E-state index is 0.0478. The van der Waals surface area contributed by atoms with E-state index in [2.05, 4.69) is 411 Å². The van der Waals surface area contributed by atoms with Gasteiger partial charge in [-0.15, -0.1) is 22.9 Å². The van der Waals surface area contributed by atoms with Gasteiger partial charge in [0, 0.05) is 91.9 Å². The van der Waals surface area contributed by atoms with Crippen LogP contribution < -0.4 is 0 Å². The summed E-state index contributed by atoms with van der Waals surface area (Å²) in [7, 11) is 0. The van der Waals surface area contributed by atoms with E-state index in [0.717, 1.165) is 44.6 Å². The molecule has 116 heavy (non-hydrogen) atoms. The van der Waals surface area contributed by atoms with E-state index in [0.29, 0.717) is 0 Å². The van der Waals surface area contributed by atoms with Crippen molar-refractivity contribution in [3.05, 3.63) is 589 Å². The Kier molecular flexibility index (Phi) is 14.4. The molecule has 536 valence electrons. The van der Waals surface area contributed by atoms with Gasteiger partial charge < -0.3 is 0 Å². The van der Waals surface area contributed by atoms with Gasteiger partial charge in [-0.05, 0) is 178 Å². The standard InChI is InChI=1S/C116H72/c1-17-49-85-69(33-1)101-65-102-71-35-3-21-53-89(71)111(90-54-22-4-36-72(90)102)112-91-55-23-7-39-75(91)105(76-40-8-24-56-92(76)112)67-106-79-43-11-29-61-97(79)115(98-62-30-12-44-80(98)106)116-99-63-31-15-47-83(99)108(84-48-16-32-64-100(84)116)68-107-81-45-13-27-59-95(81)114(96-60-28-14-46-82(96)107)113-93-57-25-9-41-77(93)104(78-42-10-26-58-94(78)113)66-103-73-37-5-19-51-87(73)110(88-52-20-6-38-74(88)103)109(85)86-50-18-2-34-70(86)101/h1-64,109-116H. The van der Waals surface area contributed by atoms with Gasteiger partial charge in [-0.2, -0.15) is 0 Å². The maximum Gasteiger partial charge on any atom is 0.0322 e. The molecule has 0 spiro atoms. The maximum atomic E-state index is 4.41. The SMILES string of the molecule is C1=C2c3ccccc3C(c3ccccc32)C2c3ccccc3C(=C=C3c4ccccc4C(c4ccccc43)C3c4ccccc4C(=C=C4c5ccccc5C(c5ccccc54)C4c5ccccc5C(=C=C5c6ccccc6C(c6ccccc65)C5c6ccccc6C=1c1ccccc15)c1ccccc14)c1ccccc13)c1ccccc12. The van der Waals surface area contributed by atoms with Crippen LogP contribution in [0.15, 0.2) is 411 Å². The summed E-state index contributed by atoms with van der Waals surface area (Å²) in [6.45, 7) is 0. The lowest BCUT2D eigenvalue weighted by atomic mass is 9.61. The second-order valence-corrected chi connectivity index (χ2v) is 32.7. The molecule has 16 bridgehead atoms. The van der Waals surface area contributed by atoms with Crippen LogP contribution in [0.3, 0.4) is 0 Å². The predicted molar refractivity (Wildman–Crippen MR) is 472 cm³/mol. The van der Waals surface area contributed by atoms with Crippen LogP contribution in [0.25, 0.3) is 44.6 Å². The van der Waals surface area contributed by atoms with Gasteiger partial charge in [0.05, 0.1) is 0 Å². The number of benzene rings is 16. The molecule has 0 saturated heterocycles. The highest BCUT2D eigenvalue weighted by atomic mass is 14.5. The van der Waals surface area contributed by atoms with Gasteiger partial charge >= 0.3 is 0 Å². The van der Waals surface area contributed by atoms with E-state index in [9.17, 15) is 0 Å². The molecule has 0 fully saturated rings. The van der Waals surface area contributed by atoms with Crippen LogP contribution in [0, 0.1) is 0 Å². The molecule has 0 heteroatoms. The zero-order valence-electron chi connectivity index (χ0n) is 63.6. The molecule has 0 saturated carbocycles. The molecule has 0 unspecified atom stereocenters. The lowest BCUT2D eigenvalue weighted by molar-refractivity contribution is 0.676. The summed E-state index contributed by atoms with van der Waals surface area (Å²) in [4.78, 5) is 0. The van der Waals surface area contributed by atoms with E-state index in [1.54, 1.807) is 0 Å². The van der Waals surface area contributed by atoms with Crippen LogP contribution in [0.1, 0.15) is 225 Å². The van der Waals surface area contributed by atoms with Crippen LogP contribution in [0.4, 0.5) is 0 Å². The highest BCUT2D eigenvalue weighted by Gasteiger charge is 2.47. The van der Waals surface area contributed by atoms with Crippen LogP contribution in [-0.2, 0) is 0 Å². The van der Waals surface area contributed by atoms with Crippen LogP contribution >= 0.6 is 0 Å². The van der Waals surface area contributed by atoms with Gasteiger partial charge in [0.15, 0.2) is 0 Å². The monoisotopic (exact) mass is 1460 g/mol. The average molecular weight is 1470 g/mol. The van der Waals surface area contributed by atoms with Crippen molar-refractivity contribution in [2.24, 2.45) is 0 Å². The maximum absolute atomic E-state index is 4.41. The van der Waals surface area contributed by atoms with Crippen LogP contribution in [0.5, 0.6) is 0 Å². The predicted octanol–water partition coefficient (Wildman–Crippen LogP) is 27.0. The minimum Gasteiger partial charge on any atom is -0.102 e. The van der Waals surface area contributed by atoms with E-state index in [4.69, 9.17) is 0 Å². The van der Waals surface area contributed by atoms with Crippen molar-refractivity contribution < 1.29 is 0 Å². The quantitative estimate of drug-likeness (QED) is 0.133. The Bertz CT molecular complexity index is 5640. The molecule has 25 rings (SSSR count). The molecular formula is C116H72. The molecular weight excluding hydrogens is 1390 g/mol. The molecule has 0 N–H and O–H groups in total. The van der Waals surface area contributed by atoms with Crippen molar-refractivity contribution in [2.75, 3.05) is 0 Å². The van der Waals surface area contributed by atoms with Crippen LogP contribution in [-0.4, -0.2) is 0 Å². The number of rotatable bonds is 0. The Labute approximate surface area is 676 Å². The van der Waals surface area contributed by atoms with Crippen molar-refractivity contribution in [1.29, 1.82) is 0 Å². The molecule has 0 nitrogen and oxygen atoms in total. The molecule has 16 aromatic rings. The van der Waals surface area contributed by atoms with Gasteiger partial charge in [-0.25, -0.2) is 0 Å². The summed E-state index contributed by atoms with van der Waals surface area (Å²) in [5.41, 5.74) is 66.8. The van der Waals surface area contributed by atoms with Gasteiger partial charge in [0.2, 0.25) is 0 Å². The number of hydrogen-bond donors (Lipinski definition) is 0. The number of fused-ring (bicyclic) bond motifs is 28. The topological polar surface area (TPSA) is 0 Å². The van der Waals surface area contributed by atoms with E-state index in [1.807, 2.05) is 0 Å². The zero-order chi connectivity index (χ0) is 75.8. The summed E-state index contributed by atoms with van der Waals surface area (Å²) in [6, 6.07) is 149. The minimum atomic E-state index is -0.0478. The van der Waals surface area contributed by atoms with Crippen molar-refractivity contribution in [3.8, 4) is 0 Å². The molecule has 9 aliphatic rings. The fraction of sp³-hybridized carbons (Fsp3) is 0.0690. The Hall–Kier alpha value is -14.4.